The van der Waals surface area contributed by atoms with Gasteiger partial charge in [0.1, 0.15) is 25.3 Å². The highest BCUT2D eigenvalue weighted by Gasteiger charge is 1.73. The summed E-state index contributed by atoms with van der Waals surface area (Å²) < 4.78 is 8.69. The first kappa shape index (κ1) is 29.0. The van der Waals surface area contributed by atoms with Crippen LogP contribution >= 0.6 is 0 Å². The molecule has 36 heavy (non-hydrogen) atoms. The minimum absolute atomic E-state index is 1.50. The van der Waals surface area contributed by atoms with Gasteiger partial charge in [-0.1, -0.05) is 5.21 Å². The van der Waals surface area contributed by atoms with Crippen molar-refractivity contribution in [2.24, 2.45) is 42.3 Å². The van der Waals surface area contributed by atoms with Crippen molar-refractivity contribution < 1.29 is 0 Å². The SMILES string of the molecule is Cn1cccn1.Cn1ccnc1.Cn1ccnn1.Cn1cncn1.Cn1cnnc1.Cn1nccn1. The summed E-state index contributed by atoms with van der Waals surface area (Å²) in [6, 6.07) is 1.89. The van der Waals surface area contributed by atoms with Crippen molar-refractivity contribution in [1.82, 2.24) is 78.8 Å². The second kappa shape index (κ2) is 18.4. The van der Waals surface area contributed by atoms with Crippen LogP contribution in [-0.4, -0.2) is 78.8 Å². The molecule has 6 aromatic heterocycles. The van der Waals surface area contributed by atoms with E-state index in [9.17, 15) is 0 Å². The molecule has 6 aromatic rings. The zero-order valence-corrected chi connectivity index (χ0v) is 21.2. The van der Waals surface area contributed by atoms with Crippen molar-refractivity contribution in [1.29, 1.82) is 0 Å². The molecule has 16 nitrogen and oxygen atoms in total. The molecule has 16 heteroatoms. The molecule has 192 valence electrons. The number of nitrogens with zero attached hydrogens (tertiary/aromatic N) is 16. The van der Waals surface area contributed by atoms with Gasteiger partial charge in [-0.05, 0) is 6.07 Å². The van der Waals surface area contributed by atoms with E-state index >= 15 is 0 Å². The topological polar surface area (TPSA) is 158 Å². The number of aryl methyl sites for hydroxylation is 6. The van der Waals surface area contributed by atoms with Crippen LogP contribution in [-0.2, 0) is 42.3 Å². The largest absolute Gasteiger partial charge is 0.341 e. The molecule has 6 heterocycles. The van der Waals surface area contributed by atoms with Gasteiger partial charge < -0.3 is 9.13 Å². The predicted molar refractivity (Wildman–Crippen MR) is 130 cm³/mol. The molecule has 0 aliphatic rings. The molecule has 0 aromatic carbocycles. The summed E-state index contributed by atoms with van der Waals surface area (Å²) in [5.74, 6) is 0. The van der Waals surface area contributed by atoms with Crippen molar-refractivity contribution in [2.75, 3.05) is 0 Å². The number of imidazole rings is 1. The van der Waals surface area contributed by atoms with Crippen LogP contribution in [0.4, 0.5) is 0 Å². The van der Waals surface area contributed by atoms with Gasteiger partial charge in [0.15, 0.2) is 0 Å². The third-order valence-electron chi connectivity index (χ3n) is 3.42. The van der Waals surface area contributed by atoms with Gasteiger partial charge in [-0.25, -0.2) is 9.97 Å². The Labute approximate surface area is 208 Å². The second-order valence-electron chi connectivity index (χ2n) is 6.70. The molecule has 0 saturated heterocycles. The van der Waals surface area contributed by atoms with Crippen LogP contribution in [0.2, 0.25) is 0 Å². The molecule has 0 aliphatic carbocycles. The molecular weight excluding hydrogens is 464 g/mol. The van der Waals surface area contributed by atoms with E-state index in [1.807, 2.05) is 58.3 Å². The Morgan fingerprint density at radius 2 is 1.19 bits per heavy atom. The zero-order chi connectivity index (χ0) is 26.4. The number of hydrogen-bond acceptors (Lipinski definition) is 10. The lowest BCUT2D eigenvalue weighted by molar-refractivity contribution is 0.654. The number of rotatable bonds is 0. The van der Waals surface area contributed by atoms with Crippen molar-refractivity contribution in [3.63, 3.8) is 0 Å². The van der Waals surface area contributed by atoms with E-state index in [4.69, 9.17) is 0 Å². The molecule has 0 fully saturated rings. The Hall–Kier alpha value is -5.02. The van der Waals surface area contributed by atoms with E-state index in [0.717, 1.165) is 0 Å². The van der Waals surface area contributed by atoms with Gasteiger partial charge in [-0.2, -0.15) is 25.2 Å². The van der Waals surface area contributed by atoms with Gasteiger partial charge in [0.25, 0.3) is 0 Å². The molecular formula is C20H32N16. The summed E-state index contributed by atoms with van der Waals surface area (Å²) in [7, 11) is 11.1. The first-order valence-corrected chi connectivity index (χ1v) is 10.4. The van der Waals surface area contributed by atoms with Crippen LogP contribution in [0.5, 0.6) is 0 Å². The van der Waals surface area contributed by atoms with Gasteiger partial charge in [0.05, 0.1) is 24.9 Å². The minimum atomic E-state index is 1.50. The number of hydrogen-bond donors (Lipinski definition) is 0. The van der Waals surface area contributed by atoms with Crippen molar-refractivity contribution in [3.05, 3.63) is 87.3 Å². The lowest BCUT2D eigenvalue weighted by atomic mass is 10.8. The molecule has 6 rings (SSSR count). The highest BCUT2D eigenvalue weighted by Crippen LogP contribution is 1.74. The highest BCUT2D eigenvalue weighted by atomic mass is 15.4. The second-order valence-corrected chi connectivity index (χ2v) is 6.70. The Balaban J connectivity index is 0.000000216. The predicted octanol–water partition coefficient (Wildman–Crippen LogP) is 0.101. The molecule has 0 bridgehead atoms. The Morgan fingerprint density at radius 1 is 0.472 bits per heavy atom. The quantitative estimate of drug-likeness (QED) is 0.282. The fourth-order valence-corrected chi connectivity index (χ4v) is 1.74. The molecule has 0 spiro atoms. The summed E-state index contributed by atoms with van der Waals surface area (Å²) in [5.41, 5.74) is 0. The van der Waals surface area contributed by atoms with Gasteiger partial charge in [-0.3, -0.25) is 14.0 Å². The average Bonchev–Trinajstić information content (AvgIpc) is 3.67. The molecule has 0 N–H and O–H groups in total. The maximum Gasteiger partial charge on any atom is 0.137 e. The Morgan fingerprint density at radius 3 is 1.36 bits per heavy atom. The first-order chi connectivity index (χ1) is 17.4. The minimum Gasteiger partial charge on any atom is -0.341 e. The van der Waals surface area contributed by atoms with Crippen molar-refractivity contribution in [2.45, 2.75) is 0 Å². The van der Waals surface area contributed by atoms with E-state index in [1.165, 1.54) is 11.1 Å². The van der Waals surface area contributed by atoms with E-state index < -0.39 is 0 Å². The smallest absolute Gasteiger partial charge is 0.137 e. The third-order valence-corrected chi connectivity index (χ3v) is 3.42. The molecule has 0 amide bonds. The van der Waals surface area contributed by atoms with Crippen LogP contribution in [0.1, 0.15) is 0 Å². The standard InChI is InChI=1S/2C4H6N2.4C3H5N3/c1-6-3-2-5-4-6;1-6-4-2-3-5-6;1-6-2-4-5-3-6;1-6-3-4-2-5-6;1-6-3-2-4-5-6;1-6-4-2-3-5-6/h2*2-4H,1H3;4*2-3H,1H3. The lowest BCUT2D eigenvalue weighted by Gasteiger charge is -1.77. The summed E-state index contributed by atoms with van der Waals surface area (Å²) >= 11 is 0. The maximum absolute atomic E-state index is 3.83. The van der Waals surface area contributed by atoms with Crippen LogP contribution in [0.25, 0.3) is 0 Å². The first-order valence-electron chi connectivity index (χ1n) is 10.4. The molecule has 0 radical (unpaired) electrons. The maximum atomic E-state index is 3.83. The molecule has 0 atom stereocenters. The van der Waals surface area contributed by atoms with Gasteiger partial charge in [0.2, 0.25) is 0 Å². The zero-order valence-electron chi connectivity index (χ0n) is 21.2. The molecule has 0 aliphatic heterocycles. The van der Waals surface area contributed by atoms with E-state index in [1.54, 1.807) is 88.2 Å². The van der Waals surface area contributed by atoms with Crippen molar-refractivity contribution >= 4 is 0 Å². The lowest BCUT2D eigenvalue weighted by Crippen LogP contribution is -1.89. The number of aromatic nitrogens is 16. The highest BCUT2D eigenvalue weighted by molar-refractivity contribution is 4.75. The summed E-state index contributed by atoms with van der Waals surface area (Å²) in [6.07, 6.45) is 22.1. The summed E-state index contributed by atoms with van der Waals surface area (Å²) in [4.78, 5) is 8.96. The Bertz CT molecular complexity index is 907. The average molecular weight is 497 g/mol. The van der Waals surface area contributed by atoms with E-state index in [2.05, 4.69) is 50.9 Å². The van der Waals surface area contributed by atoms with E-state index in [0.29, 0.717) is 0 Å². The molecule has 0 unspecified atom stereocenters. The summed E-state index contributed by atoms with van der Waals surface area (Å²) in [6.45, 7) is 0. The van der Waals surface area contributed by atoms with Crippen LogP contribution in [0.15, 0.2) is 87.3 Å². The fourth-order valence-electron chi connectivity index (χ4n) is 1.74. The third kappa shape index (κ3) is 16.6. The molecule has 0 saturated carbocycles. The normalized spacial score (nSPS) is 8.83. The van der Waals surface area contributed by atoms with Crippen LogP contribution in [0, 0.1) is 0 Å². The fraction of sp³-hybridized carbons (Fsp3) is 0.300. The van der Waals surface area contributed by atoms with Gasteiger partial charge in [0, 0.05) is 73.3 Å². The van der Waals surface area contributed by atoms with Gasteiger partial charge >= 0.3 is 0 Å². The monoisotopic (exact) mass is 496 g/mol. The summed E-state index contributed by atoms with van der Waals surface area (Å²) in [5, 5.41) is 29.2. The van der Waals surface area contributed by atoms with Crippen molar-refractivity contribution in [3.8, 4) is 0 Å². The van der Waals surface area contributed by atoms with Crippen LogP contribution < -0.4 is 0 Å². The van der Waals surface area contributed by atoms with Gasteiger partial charge in [-0.15, -0.1) is 15.3 Å². The Kier molecular flexibility index (Phi) is 14.8. The van der Waals surface area contributed by atoms with E-state index in [-0.39, 0.29) is 0 Å². The van der Waals surface area contributed by atoms with Crippen LogP contribution in [0.3, 0.4) is 0 Å².